The van der Waals surface area contributed by atoms with Crippen LogP contribution in [0.5, 0.6) is 5.75 Å². The number of nitrogens with zero attached hydrogens (tertiary/aromatic N) is 4. The fourth-order valence-corrected chi connectivity index (χ4v) is 4.87. The molecule has 35 heavy (non-hydrogen) atoms. The summed E-state index contributed by atoms with van der Waals surface area (Å²) in [6.45, 7) is 2.22. The van der Waals surface area contributed by atoms with Crippen molar-refractivity contribution < 1.29 is 4.74 Å². The summed E-state index contributed by atoms with van der Waals surface area (Å²) in [5.41, 5.74) is 2.39. The number of benzene rings is 3. The van der Waals surface area contributed by atoms with Gasteiger partial charge in [-0.05, 0) is 64.3 Å². The number of halogens is 3. The first-order valence-electron chi connectivity index (χ1n) is 10.8. The summed E-state index contributed by atoms with van der Waals surface area (Å²) in [7, 11) is 0. The molecule has 3 aromatic carbocycles. The summed E-state index contributed by atoms with van der Waals surface area (Å²) >= 11 is 13.4. The third-order valence-electron chi connectivity index (χ3n) is 5.20. The van der Waals surface area contributed by atoms with Crippen molar-refractivity contribution in [3.8, 4) is 11.8 Å². The minimum atomic E-state index is -0.239. The van der Waals surface area contributed by atoms with Gasteiger partial charge in [0.25, 0.3) is 5.56 Å². The number of aromatic nitrogens is 2. The number of hydrogen-bond acceptors (Lipinski definition) is 5. The Morgan fingerprint density at radius 3 is 2.74 bits per heavy atom. The molecule has 176 valence electrons. The van der Waals surface area contributed by atoms with Gasteiger partial charge in [0.1, 0.15) is 12.4 Å². The van der Waals surface area contributed by atoms with Crippen LogP contribution >= 0.6 is 43.5 Å². The average Bonchev–Trinajstić information content (AvgIpc) is 2.84. The Bertz CT molecular complexity index is 1520. The molecule has 0 saturated carbocycles. The van der Waals surface area contributed by atoms with Crippen LogP contribution in [0.4, 0.5) is 0 Å². The van der Waals surface area contributed by atoms with Gasteiger partial charge in [0, 0.05) is 16.5 Å². The Balaban J connectivity index is 1.65. The van der Waals surface area contributed by atoms with Crippen molar-refractivity contribution in [2.45, 2.75) is 26.4 Å². The number of fused-ring (bicyclic) bond motifs is 1. The molecule has 0 aliphatic carbocycles. The second kappa shape index (κ2) is 11.2. The molecule has 0 radical (unpaired) electrons. The van der Waals surface area contributed by atoms with E-state index in [0.717, 1.165) is 16.5 Å². The van der Waals surface area contributed by atoms with Crippen molar-refractivity contribution in [3.05, 3.63) is 101 Å². The first kappa shape index (κ1) is 25.1. The fourth-order valence-electron chi connectivity index (χ4n) is 3.52. The van der Waals surface area contributed by atoms with E-state index >= 15 is 0 Å². The lowest BCUT2D eigenvalue weighted by molar-refractivity contribution is 0.304. The van der Waals surface area contributed by atoms with Crippen LogP contribution in [-0.4, -0.2) is 15.9 Å². The van der Waals surface area contributed by atoms with E-state index in [1.54, 1.807) is 36.5 Å². The van der Waals surface area contributed by atoms with Gasteiger partial charge in [-0.25, -0.2) is 4.98 Å². The van der Waals surface area contributed by atoms with Crippen LogP contribution in [-0.2, 0) is 13.0 Å². The first-order chi connectivity index (χ1) is 16.9. The Labute approximate surface area is 224 Å². The van der Waals surface area contributed by atoms with E-state index in [2.05, 4.69) is 48.0 Å². The van der Waals surface area contributed by atoms with Crippen molar-refractivity contribution in [3.63, 3.8) is 0 Å². The average molecular weight is 615 g/mol. The molecule has 0 aliphatic heterocycles. The van der Waals surface area contributed by atoms with Crippen LogP contribution in [0.25, 0.3) is 10.9 Å². The summed E-state index contributed by atoms with van der Waals surface area (Å²) in [6, 6.07) is 18.3. The quantitative estimate of drug-likeness (QED) is 0.213. The van der Waals surface area contributed by atoms with Crippen molar-refractivity contribution >= 4 is 60.6 Å². The molecule has 0 amide bonds. The van der Waals surface area contributed by atoms with E-state index in [1.807, 2.05) is 31.2 Å². The number of nitriles is 1. The third-order valence-corrected chi connectivity index (χ3v) is 6.56. The molecule has 0 saturated heterocycles. The van der Waals surface area contributed by atoms with Gasteiger partial charge in [-0.2, -0.15) is 15.0 Å². The van der Waals surface area contributed by atoms with Crippen LogP contribution in [0.1, 0.15) is 35.9 Å². The van der Waals surface area contributed by atoms with Gasteiger partial charge < -0.3 is 4.74 Å². The van der Waals surface area contributed by atoms with Crippen LogP contribution in [0.3, 0.4) is 0 Å². The van der Waals surface area contributed by atoms with Gasteiger partial charge in [-0.1, -0.05) is 52.7 Å². The monoisotopic (exact) mass is 612 g/mol. The lowest BCUT2D eigenvalue weighted by Crippen LogP contribution is -2.22. The molecule has 0 spiro atoms. The molecule has 6 nitrogen and oxygen atoms in total. The van der Waals surface area contributed by atoms with E-state index in [0.29, 0.717) is 49.5 Å². The largest absolute Gasteiger partial charge is 0.486 e. The molecule has 0 atom stereocenters. The molecule has 4 aromatic rings. The molecule has 1 heterocycles. The van der Waals surface area contributed by atoms with Crippen molar-refractivity contribution in [1.82, 2.24) is 9.66 Å². The van der Waals surface area contributed by atoms with Crippen molar-refractivity contribution in [1.29, 1.82) is 5.26 Å². The predicted molar refractivity (Wildman–Crippen MR) is 145 cm³/mol. The Morgan fingerprint density at radius 2 is 2.00 bits per heavy atom. The molecule has 0 aliphatic rings. The zero-order chi connectivity index (χ0) is 24.9. The van der Waals surface area contributed by atoms with E-state index in [1.165, 1.54) is 4.68 Å². The van der Waals surface area contributed by atoms with E-state index < -0.39 is 0 Å². The normalized spacial score (nSPS) is 11.2. The highest BCUT2D eigenvalue weighted by Crippen LogP contribution is 2.35. The molecule has 0 N–H and O–H groups in total. The summed E-state index contributed by atoms with van der Waals surface area (Å²) in [4.78, 5) is 17.8. The van der Waals surface area contributed by atoms with Gasteiger partial charge in [-0.15, -0.1) is 0 Å². The molecule has 0 bridgehead atoms. The number of hydrogen-bond donors (Lipinski definition) is 0. The Morgan fingerprint density at radius 1 is 1.20 bits per heavy atom. The standard InChI is InChI=1S/C26H19Br2ClN4O2/c1-2-5-24-32-23-9-8-19(27)12-20(23)26(34)33(24)31-14-16-10-21(28)25(22(29)11-16)35-15-18-7-4-3-6-17(18)13-30/h3-4,6-12,14H,2,5,15H2,1H3. The maximum absolute atomic E-state index is 13.2. The highest BCUT2D eigenvalue weighted by molar-refractivity contribution is 9.10. The molecule has 9 heteroatoms. The molecule has 0 unspecified atom stereocenters. The number of aryl methyl sites for hydroxylation is 1. The smallest absolute Gasteiger partial charge is 0.282 e. The summed E-state index contributed by atoms with van der Waals surface area (Å²) in [5.74, 6) is 1.04. The topological polar surface area (TPSA) is 80.3 Å². The minimum absolute atomic E-state index is 0.198. The van der Waals surface area contributed by atoms with E-state index in [4.69, 9.17) is 16.3 Å². The number of rotatable bonds is 7. The maximum atomic E-state index is 13.2. The molecule has 1 aromatic heterocycles. The Kier molecular flexibility index (Phi) is 8.01. The van der Waals surface area contributed by atoms with Gasteiger partial charge in [0.05, 0.1) is 38.2 Å². The highest BCUT2D eigenvalue weighted by Gasteiger charge is 2.13. The first-order valence-corrected chi connectivity index (χ1v) is 12.7. The maximum Gasteiger partial charge on any atom is 0.282 e. The zero-order valence-electron chi connectivity index (χ0n) is 18.6. The zero-order valence-corrected chi connectivity index (χ0v) is 22.6. The van der Waals surface area contributed by atoms with E-state index in [-0.39, 0.29) is 12.2 Å². The Hall–Kier alpha value is -2.99. The molecular formula is C26H19Br2ClN4O2. The van der Waals surface area contributed by atoms with Gasteiger partial charge in [0.15, 0.2) is 5.75 Å². The summed E-state index contributed by atoms with van der Waals surface area (Å²) < 4.78 is 8.66. The highest BCUT2D eigenvalue weighted by atomic mass is 79.9. The van der Waals surface area contributed by atoms with Gasteiger partial charge in [0.2, 0.25) is 0 Å². The van der Waals surface area contributed by atoms with E-state index in [9.17, 15) is 10.1 Å². The second-order valence-corrected chi connectivity index (χ2v) is 9.85. The predicted octanol–water partition coefficient (Wildman–Crippen LogP) is 6.86. The van der Waals surface area contributed by atoms with Crippen LogP contribution in [0, 0.1) is 11.3 Å². The molecular weight excluding hydrogens is 596 g/mol. The minimum Gasteiger partial charge on any atom is -0.486 e. The molecule has 0 fully saturated rings. The van der Waals surface area contributed by atoms with Gasteiger partial charge >= 0.3 is 0 Å². The van der Waals surface area contributed by atoms with Crippen LogP contribution in [0.2, 0.25) is 5.02 Å². The summed E-state index contributed by atoms with van der Waals surface area (Å²) in [6.07, 6.45) is 3.00. The molecule has 4 rings (SSSR count). The number of ether oxygens (including phenoxy) is 1. The van der Waals surface area contributed by atoms with Gasteiger partial charge in [-0.3, -0.25) is 4.79 Å². The third kappa shape index (κ3) is 5.64. The second-order valence-electron chi connectivity index (χ2n) is 7.67. The van der Waals surface area contributed by atoms with Crippen LogP contribution < -0.4 is 10.3 Å². The van der Waals surface area contributed by atoms with Crippen molar-refractivity contribution in [2.24, 2.45) is 5.10 Å². The lowest BCUT2D eigenvalue weighted by Gasteiger charge is -2.12. The van der Waals surface area contributed by atoms with Crippen molar-refractivity contribution in [2.75, 3.05) is 0 Å². The SMILES string of the molecule is CCCc1nc2ccc(Br)cc2c(=O)n1N=Cc1cc(Cl)c(OCc2ccccc2C#N)c(Br)c1. The van der Waals surface area contributed by atoms with Crippen LogP contribution in [0.15, 0.2) is 73.4 Å². The summed E-state index contributed by atoms with van der Waals surface area (Å²) in [5, 5.41) is 14.6. The fraction of sp³-hybridized carbons (Fsp3) is 0.154. The lowest BCUT2D eigenvalue weighted by atomic mass is 10.1.